The minimum atomic E-state index is -0.258. The van der Waals surface area contributed by atoms with Gasteiger partial charge in [-0.2, -0.15) is 0 Å². The molecule has 0 saturated carbocycles. The van der Waals surface area contributed by atoms with Crippen LogP contribution in [0.2, 0.25) is 0 Å². The lowest BCUT2D eigenvalue weighted by Crippen LogP contribution is -2.28. The van der Waals surface area contributed by atoms with Crippen molar-refractivity contribution in [2.75, 3.05) is 7.11 Å². The first-order valence-corrected chi connectivity index (χ1v) is 4.96. The molecule has 3 nitrogen and oxygen atoms in total. The van der Waals surface area contributed by atoms with Crippen LogP contribution in [-0.4, -0.2) is 18.1 Å². The number of hydrogen-bond acceptors (Lipinski definition) is 2. The number of ether oxygens (including phenoxy) is 1. The van der Waals surface area contributed by atoms with E-state index in [0.29, 0.717) is 0 Å². The summed E-state index contributed by atoms with van der Waals surface area (Å²) in [5.74, 6) is 0. The van der Waals surface area contributed by atoms with E-state index in [9.17, 15) is 4.79 Å². The Bertz CT molecular complexity index is 420. The van der Waals surface area contributed by atoms with E-state index in [1.165, 1.54) is 18.2 Å². The summed E-state index contributed by atoms with van der Waals surface area (Å²) in [6, 6.07) is 8.28. The van der Waals surface area contributed by atoms with Gasteiger partial charge in [0, 0.05) is 0 Å². The predicted octanol–water partition coefficient (Wildman–Crippen LogP) is 2.42. The molecule has 0 saturated heterocycles. The molecule has 1 aromatic carbocycles. The molecule has 0 fully saturated rings. The maximum Gasteiger partial charge on any atom is 0.411 e. The molecule has 1 amide bonds. The number of amides is 1. The molecule has 15 heavy (non-hydrogen) atoms. The molecule has 0 N–H and O–H groups in total. The highest BCUT2D eigenvalue weighted by Crippen LogP contribution is 2.48. The van der Waals surface area contributed by atoms with Crippen molar-refractivity contribution in [3.05, 3.63) is 47.5 Å². The average molecular weight is 201 g/mol. The highest BCUT2D eigenvalue weighted by molar-refractivity contribution is 5.73. The third-order valence-electron chi connectivity index (χ3n) is 3.09. The molecule has 2 aliphatic rings. The standard InChI is InChI=1S/C12H11NO2/c1-15-12(14)13-10-6-7-11(13)9-5-3-2-4-8(9)10/h2-7,10-11H,1H3. The third kappa shape index (κ3) is 0.975. The Morgan fingerprint density at radius 3 is 2.20 bits per heavy atom. The van der Waals surface area contributed by atoms with Crippen molar-refractivity contribution in [3.63, 3.8) is 0 Å². The second-order valence-corrected chi connectivity index (χ2v) is 3.78. The van der Waals surface area contributed by atoms with Crippen LogP contribution in [0.1, 0.15) is 23.2 Å². The molecular weight excluding hydrogens is 190 g/mol. The summed E-state index contributed by atoms with van der Waals surface area (Å²) in [5.41, 5.74) is 2.44. The first kappa shape index (κ1) is 8.53. The summed E-state index contributed by atoms with van der Waals surface area (Å²) < 4.78 is 4.79. The van der Waals surface area contributed by atoms with Crippen LogP contribution in [0.4, 0.5) is 4.79 Å². The van der Waals surface area contributed by atoms with Gasteiger partial charge in [-0.25, -0.2) is 4.79 Å². The van der Waals surface area contributed by atoms with Gasteiger partial charge in [0.2, 0.25) is 0 Å². The highest BCUT2D eigenvalue weighted by atomic mass is 16.5. The lowest BCUT2D eigenvalue weighted by molar-refractivity contribution is 0.114. The first-order chi connectivity index (χ1) is 7.33. The molecule has 76 valence electrons. The molecule has 2 unspecified atom stereocenters. The number of carbonyl (C=O) groups excluding carboxylic acids is 1. The highest BCUT2D eigenvalue weighted by Gasteiger charge is 2.43. The number of rotatable bonds is 0. The summed E-state index contributed by atoms with van der Waals surface area (Å²) in [4.78, 5) is 13.4. The van der Waals surface area contributed by atoms with E-state index in [4.69, 9.17) is 4.74 Å². The van der Waals surface area contributed by atoms with Crippen LogP contribution in [0.25, 0.3) is 0 Å². The molecule has 1 aromatic rings. The quantitative estimate of drug-likeness (QED) is 0.603. The molecule has 2 bridgehead atoms. The molecule has 2 aliphatic heterocycles. The maximum atomic E-state index is 11.6. The summed E-state index contributed by atoms with van der Waals surface area (Å²) in [7, 11) is 1.42. The Morgan fingerprint density at radius 1 is 1.20 bits per heavy atom. The molecule has 2 heterocycles. The lowest BCUT2D eigenvalue weighted by atomic mass is 9.97. The van der Waals surface area contributed by atoms with Gasteiger partial charge < -0.3 is 4.74 Å². The van der Waals surface area contributed by atoms with Crippen LogP contribution in [-0.2, 0) is 4.74 Å². The van der Waals surface area contributed by atoms with Crippen LogP contribution < -0.4 is 0 Å². The number of carbonyl (C=O) groups is 1. The van der Waals surface area contributed by atoms with Gasteiger partial charge in [0.25, 0.3) is 0 Å². The van der Waals surface area contributed by atoms with Crippen LogP contribution in [0.5, 0.6) is 0 Å². The molecule has 0 spiro atoms. The fourth-order valence-electron chi connectivity index (χ4n) is 2.46. The fourth-order valence-corrected chi connectivity index (χ4v) is 2.46. The van der Waals surface area contributed by atoms with Crippen molar-refractivity contribution in [1.82, 2.24) is 4.90 Å². The van der Waals surface area contributed by atoms with Gasteiger partial charge in [0.05, 0.1) is 19.2 Å². The monoisotopic (exact) mass is 201 g/mol. The van der Waals surface area contributed by atoms with Gasteiger partial charge in [0.1, 0.15) is 0 Å². The van der Waals surface area contributed by atoms with Gasteiger partial charge in [0.15, 0.2) is 0 Å². The van der Waals surface area contributed by atoms with Crippen molar-refractivity contribution in [1.29, 1.82) is 0 Å². The van der Waals surface area contributed by atoms with E-state index in [0.717, 1.165) is 0 Å². The van der Waals surface area contributed by atoms with Gasteiger partial charge in [-0.15, -0.1) is 0 Å². The Morgan fingerprint density at radius 2 is 1.73 bits per heavy atom. The normalized spacial score (nSPS) is 25.5. The molecule has 3 heteroatoms. The smallest absolute Gasteiger partial charge is 0.411 e. The summed E-state index contributed by atoms with van der Waals surface area (Å²) >= 11 is 0. The average Bonchev–Trinajstić information content (AvgIpc) is 2.84. The number of methoxy groups -OCH3 is 1. The molecule has 0 aromatic heterocycles. The van der Waals surface area contributed by atoms with Gasteiger partial charge in [-0.3, -0.25) is 4.90 Å². The van der Waals surface area contributed by atoms with E-state index in [1.54, 1.807) is 4.90 Å². The Kier molecular flexibility index (Phi) is 1.63. The van der Waals surface area contributed by atoms with Crippen molar-refractivity contribution in [2.24, 2.45) is 0 Å². The topological polar surface area (TPSA) is 29.5 Å². The SMILES string of the molecule is COC(=O)N1C2C=CC1c1ccccc12. The third-order valence-corrected chi connectivity index (χ3v) is 3.09. The van der Waals surface area contributed by atoms with E-state index < -0.39 is 0 Å². The zero-order chi connectivity index (χ0) is 10.4. The second kappa shape index (κ2) is 2.86. The van der Waals surface area contributed by atoms with E-state index in [1.807, 2.05) is 12.1 Å². The summed E-state index contributed by atoms with van der Waals surface area (Å²) in [6.07, 6.45) is 3.86. The largest absolute Gasteiger partial charge is 0.453 e. The number of nitrogens with zero attached hydrogens (tertiary/aromatic N) is 1. The van der Waals surface area contributed by atoms with E-state index >= 15 is 0 Å². The molecular formula is C12H11NO2. The number of hydrogen-bond donors (Lipinski definition) is 0. The van der Waals surface area contributed by atoms with Gasteiger partial charge >= 0.3 is 6.09 Å². The van der Waals surface area contributed by atoms with Crippen molar-refractivity contribution in [2.45, 2.75) is 12.1 Å². The van der Waals surface area contributed by atoms with Crippen LogP contribution in [0, 0.1) is 0 Å². The fraction of sp³-hybridized carbons (Fsp3) is 0.250. The van der Waals surface area contributed by atoms with Crippen LogP contribution in [0.15, 0.2) is 36.4 Å². The Balaban J connectivity index is 2.07. The summed E-state index contributed by atoms with van der Waals surface area (Å²) in [6.45, 7) is 0. The predicted molar refractivity (Wildman–Crippen MR) is 55.3 cm³/mol. The zero-order valence-electron chi connectivity index (χ0n) is 8.38. The van der Waals surface area contributed by atoms with Crippen LogP contribution in [0.3, 0.4) is 0 Å². The summed E-state index contributed by atoms with van der Waals surface area (Å²) in [5, 5.41) is 0. The second-order valence-electron chi connectivity index (χ2n) is 3.78. The Labute approximate surface area is 88.0 Å². The van der Waals surface area contributed by atoms with Gasteiger partial charge in [-0.05, 0) is 11.1 Å². The molecule has 0 radical (unpaired) electrons. The molecule has 2 atom stereocenters. The Hall–Kier alpha value is -1.77. The van der Waals surface area contributed by atoms with Crippen molar-refractivity contribution >= 4 is 6.09 Å². The molecule has 3 rings (SSSR count). The van der Waals surface area contributed by atoms with Crippen molar-refractivity contribution < 1.29 is 9.53 Å². The minimum absolute atomic E-state index is 0.0682. The van der Waals surface area contributed by atoms with Crippen LogP contribution >= 0.6 is 0 Å². The van der Waals surface area contributed by atoms with E-state index in [-0.39, 0.29) is 18.2 Å². The number of fused-ring (bicyclic) bond motifs is 5. The van der Waals surface area contributed by atoms with Crippen molar-refractivity contribution in [3.8, 4) is 0 Å². The zero-order valence-corrected chi connectivity index (χ0v) is 8.38. The lowest BCUT2D eigenvalue weighted by Gasteiger charge is -2.20. The minimum Gasteiger partial charge on any atom is -0.453 e. The molecule has 0 aliphatic carbocycles. The number of benzene rings is 1. The van der Waals surface area contributed by atoms with E-state index in [2.05, 4.69) is 24.3 Å². The van der Waals surface area contributed by atoms with Gasteiger partial charge in [-0.1, -0.05) is 36.4 Å². The first-order valence-electron chi connectivity index (χ1n) is 4.96. The maximum absolute atomic E-state index is 11.6.